The molecule has 4 rings (SSSR count). The second-order valence-electron chi connectivity index (χ2n) is 9.38. The molecule has 1 aliphatic heterocycles. The van der Waals surface area contributed by atoms with Crippen LogP contribution < -0.4 is 10.6 Å². The number of piperidine rings is 1. The summed E-state index contributed by atoms with van der Waals surface area (Å²) in [6, 6.07) is 14.3. The van der Waals surface area contributed by atoms with E-state index in [1.165, 1.54) is 12.8 Å². The van der Waals surface area contributed by atoms with Crippen LogP contribution in [-0.2, 0) is 11.2 Å². The first-order valence-corrected chi connectivity index (χ1v) is 12.4. The van der Waals surface area contributed by atoms with Crippen LogP contribution in [0.3, 0.4) is 0 Å². The summed E-state index contributed by atoms with van der Waals surface area (Å²) in [6.07, 6.45) is 4.66. The van der Waals surface area contributed by atoms with Crippen molar-refractivity contribution in [1.82, 2.24) is 20.5 Å². The molecule has 1 fully saturated rings. The number of carbonyl (C=O) groups excluding carboxylic acids is 2. The minimum atomic E-state index is -0.725. The monoisotopic (exact) mass is 480 g/mol. The minimum Gasteiger partial charge on any atom is -0.361 e. The summed E-state index contributed by atoms with van der Waals surface area (Å²) in [6.45, 7) is 7.09. The highest BCUT2D eigenvalue weighted by Crippen LogP contribution is 2.21. The molecule has 1 aromatic heterocycles. The van der Waals surface area contributed by atoms with Crippen molar-refractivity contribution in [1.29, 1.82) is 0 Å². The maximum atomic E-state index is 13.3. The van der Waals surface area contributed by atoms with Gasteiger partial charge in [0, 0.05) is 36.1 Å². The fraction of sp³-hybridized carbons (Fsp3) is 0.407. The van der Waals surface area contributed by atoms with E-state index in [0.717, 1.165) is 35.5 Å². The van der Waals surface area contributed by atoms with Gasteiger partial charge in [0.05, 0.1) is 10.6 Å². The molecule has 2 heterocycles. The molecular formula is C27H33ClN4O2. The molecular weight excluding hydrogens is 448 g/mol. The van der Waals surface area contributed by atoms with Crippen molar-refractivity contribution >= 4 is 34.3 Å². The fourth-order valence-corrected chi connectivity index (χ4v) is 4.80. The van der Waals surface area contributed by atoms with E-state index in [4.69, 9.17) is 11.6 Å². The van der Waals surface area contributed by atoms with Gasteiger partial charge < -0.3 is 15.6 Å². The van der Waals surface area contributed by atoms with Crippen molar-refractivity contribution in [3.05, 3.63) is 70.9 Å². The van der Waals surface area contributed by atoms with Crippen molar-refractivity contribution in [2.75, 3.05) is 19.6 Å². The lowest BCUT2D eigenvalue weighted by atomic mass is 9.98. The largest absolute Gasteiger partial charge is 0.361 e. The fourth-order valence-electron chi connectivity index (χ4n) is 4.58. The van der Waals surface area contributed by atoms with Crippen LogP contribution in [0.5, 0.6) is 0 Å². The van der Waals surface area contributed by atoms with Crippen molar-refractivity contribution in [3.8, 4) is 0 Å². The predicted molar refractivity (Wildman–Crippen MR) is 137 cm³/mol. The van der Waals surface area contributed by atoms with Crippen LogP contribution in [-0.4, -0.2) is 53.4 Å². The minimum absolute atomic E-state index is 0.192. The number of aromatic nitrogens is 1. The number of hydrogen-bond acceptors (Lipinski definition) is 3. The van der Waals surface area contributed by atoms with Crippen LogP contribution in [0, 0.1) is 5.92 Å². The highest BCUT2D eigenvalue weighted by atomic mass is 35.5. The van der Waals surface area contributed by atoms with Crippen LogP contribution in [0.25, 0.3) is 10.9 Å². The summed E-state index contributed by atoms with van der Waals surface area (Å²) >= 11 is 6.23. The molecule has 7 heteroatoms. The lowest BCUT2D eigenvalue weighted by Gasteiger charge is -2.35. The SMILES string of the molecule is CC1CCN(C(C)CNC(=O)C(Cc2c[nH]c3ccccc23)NC(=O)c2ccccc2Cl)CC1. The topological polar surface area (TPSA) is 77.2 Å². The number of rotatable bonds is 8. The van der Waals surface area contributed by atoms with Crippen LogP contribution >= 0.6 is 11.6 Å². The van der Waals surface area contributed by atoms with Gasteiger partial charge in [-0.15, -0.1) is 0 Å². The maximum absolute atomic E-state index is 13.3. The number of amides is 2. The van der Waals surface area contributed by atoms with Crippen LogP contribution in [0.2, 0.25) is 5.02 Å². The average Bonchev–Trinajstić information content (AvgIpc) is 3.25. The first-order valence-electron chi connectivity index (χ1n) is 12.0. The number of likely N-dealkylation sites (tertiary alicyclic amines) is 1. The van der Waals surface area contributed by atoms with Crippen LogP contribution in [0.4, 0.5) is 0 Å². The molecule has 0 aliphatic carbocycles. The number of fused-ring (bicyclic) bond motifs is 1. The molecule has 34 heavy (non-hydrogen) atoms. The number of nitrogens with one attached hydrogen (secondary N) is 3. The molecule has 2 aromatic carbocycles. The third kappa shape index (κ3) is 5.80. The summed E-state index contributed by atoms with van der Waals surface area (Å²) in [5.41, 5.74) is 2.34. The van der Waals surface area contributed by atoms with Gasteiger partial charge in [0.1, 0.15) is 6.04 Å². The molecule has 3 aromatic rings. The first-order chi connectivity index (χ1) is 16.4. The Bertz CT molecular complexity index is 1140. The molecule has 2 unspecified atom stereocenters. The Labute approximate surface area is 206 Å². The molecule has 0 bridgehead atoms. The summed E-state index contributed by atoms with van der Waals surface area (Å²) in [5, 5.41) is 7.41. The van der Waals surface area contributed by atoms with Crippen LogP contribution in [0.15, 0.2) is 54.7 Å². The van der Waals surface area contributed by atoms with Crippen LogP contribution in [0.1, 0.15) is 42.6 Å². The van der Waals surface area contributed by atoms with E-state index >= 15 is 0 Å². The second kappa shape index (κ2) is 11.1. The lowest BCUT2D eigenvalue weighted by molar-refractivity contribution is -0.123. The van der Waals surface area contributed by atoms with E-state index in [0.29, 0.717) is 23.6 Å². The van der Waals surface area contributed by atoms with E-state index in [1.807, 2.05) is 30.5 Å². The van der Waals surface area contributed by atoms with Gasteiger partial charge in [-0.3, -0.25) is 14.5 Å². The van der Waals surface area contributed by atoms with Gasteiger partial charge in [-0.2, -0.15) is 0 Å². The van der Waals surface area contributed by atoms with Gasteiger partial charge in [-0.05, 0) is 62.5 Å². The summed E-state index contributed by atoms with van der Waals surface area (Å²) in [5.74, 6) is 0.213. The molecule has 2 amide bonds. The van der Waals surface area contributed by atoms with Gasteiger partial charge >= 0.3 is 0 Å². The maximum Gasteiger partial charge on any atom is 0.253 e. The molecule has 1 saturated heterocycles. The van der Waals surface area contributed by atoms with E-state index in [1.54, 1.807) is 24.3 Å². The standard InChI is InChI=1S/C27H33ClN4O2/c1-18-11-13-32(14-12-18)19(2)16-30-27(34)25(31-26(33)22-8-3-5-9-23(22)28)15-20-17-29-24-10-6-4-7-21(20)24/h3-10,17-19,25,29H,11-16H2,1-2H3,(H,30,34)(H,31,33). The third-order valence-electron chi connectivity index (χ3n) is 6.85. The Balaban J connectivity index is 1.47. The van der Waals surface area contributed by atoms with Gasteiger partial charge in [0.15, 0.2) is 0 Å². The Morgan fingerprint density at radius 2 is 1.82 bits per heavy atom. The Morgan fingerprint density at radius 1 is 1.12 bits per heavy atom. The summed E-state index contributed by atoms with van der Waals surface area (Å²) < 4.78 is 0. The summed E-state index contributed by atoms with van der Waals surface area (Å²) in [4.78, 5) is 32.0. The molecule has 2 atom stereocenters. The Morgan fingerprint density at radius 3 is 2.59 bits per heavy atom. The zero-order valence-electron chi connectivity index (χ0n) is 19.8. The normalized spacial score (nSPS) is 16.8. The zero-order chi connectivity index (χ0) is 24.1. The summed E-state index contributed by atoms with van der Waals surface area (Å²) in [7, 11) is 0. The second-order valence-corrected chi connectivity index (χ2v) is 9.79. The number of hydrogen-bond donors (Lipinski definition) is 3. The van der Waals surface area contributed by atoms with Crippen molar-refractivity contribution in [3.63, 3.8) is 0 Å². The van der Waals surface area contributed by atoms with Gasteiger partial charge in [0.2, 0.25) is 5.91 Å². The number of nitrogens with zero attached hydrogens (tertiary/aromatic N) is 1. The van der Waals surface area contributed by atoms with Gasteiger partial charge in [-0.1, -0.05) is 48.9 Å². The first kappa shape index (κ1) is 24.3. The molecule has 0 saturated carbocycles. The highest BCUT2D eigenvalue weighted by molar-refractivity contribution is 6.33. The van der Waals surface area contributed by atoms with Crippen molar-refractivity contribution in [2.24, 2.45) is 5.92 Å². The molecule has 3 N–H and O–H groups in total. The van der Waals surface area contributed by atoms with Crippen molar-refractivity contribution in [2.45, 2.75) is 45.2 Å². The van der Waals surface area contributed by atoms with E-state index in [-0.39, 0.29) is 17.9 Å². The highest BCUT2D eigenvalue weighted by Gasteiger charge is 2.26. The molecule has 180 valence electrons. The number of benzene rings is 2. The smallest absolute Gasteiger partial charge is 0.253 e. The van der Waals surface area contributed by atoms with E-state index in [2.05, 4.69) is 34.4 Å². The average molecular weight is 481 g/mol. The lowest BCUT2D eigenvalue weighted by Crippen LogP contribution is -2.51. The molecule has 6 nitrogen and oxygen atoms in total. The molecule has 0 radical (unpaired) electrons. The van der Waals surface area contributed by atoms with Gasteiger partial charge in [0.25, 0.3) is 5.91 Å². The number of para-hydroxylation sites is 1. The molecule has 0 spiro atoms. The van der Waals surface area contributed by atoms with E-state index in [9.17, 15) is 9.59 Å². The predicted octanol–water partition coefficient (Wildman–Crippen LogP) is 4.40. The Hall–Kier alpha value is -2.83. The number of H-pyrrole nitrogens is 1. The number of carbonyl (C=O) groups is 2. The number of halogens is 1. The van der Waals surface area contributed by atoms with Gasteiger partial charge in [-0.25, -0.2) is 0 Å². The Kier molecular flexibility index (Phi) is 7.91. The third-order valence-corrected chi connectivity index (χ3v) is 7.18. The quantitative estimate of drug-likeness (QED) is 0.447. The molecule has 1 aliphatic rings. The zero-order valence-corrected chi connectivity index (χ0v) is 20.6. The number of aromatic amines is 1. The van der Waals surface area contributed by atoms with E-state index < -0.39 is 6.04 Å². The van der Waals surface area contributed by atoms with Crippen molar-refractivity contribution < 1.29 is 9.59 Å².